The van der Waals surface area contributed by atoms with E-state index in [9.17, 15) is 42.6 Å². The number of piperazine rings is 1. The van der Waals surface area contributed by atoms with Crippen LogP contribution in [0.25, 0.3) is 11.1 Å². The molecule has 4 amide bonds. The normalized spacial score (nSPS) is 19.7. The molecule has 5 heterocycles. The van der Waals surface area contributed by atoms with E-state index >= 15 is 0 Å². The zero-order chi connectivity index (χ0) is 53.8. The number of benzene rings is 2. The van der Waals surface area contributed by atoms with Crippen LogP contribution in [0.15, 0.2) is 79.3 Å². The van der Waals surface area contributed by atoms with Crippen molar-refractivity contribution in [3.05, 3.63) is 102 Å². The number of aliphatic hydroxyl groups is 1. The number of halogens is 3. The van der Waals surface area contributed by atoms with E-state index in [1.165, 1.54) is 17.9 Å². The van der Waals surface area contributed by atoms with Crippen LogP contribution in [0.3, 0.4) is 0 Å². The van der Waals surface area contributed by atoms with E-state index in [-0.39, 0.29) is 13.0 Å². The molecule has 4 aromatic rings. The van der Waals surface area contributed by atoms with Gasteiger partial charge in [-0.1, -0.05) is 69.0 Å². The van der Waals surface area contributed by atoms with E-state index in [2.05, 4.69) is 47.5 Å². The number of alkyl carbamates (subject to hydrolysis) is 1. The van der Waals surface area contributed by atoms with E-state index in [1.807, 2.05) is 52.6 Å². The third-order valence-electron chi connectivity index (χ3n) is 14.6. The van der Waals surface area contributed by atoms with Crippen molar-refractivity contribution in [3.8, 4) is 23.0 Å². The largest absolute Gasteiger partial charge is 0.465 e. The zero-order valence-electron chi connectivity index (χ0n) is 43.1. The molecule has 18 nitrogen and oxygen atoms in total. The standard InChI is InChI=1S/C54H67F3N10O8/c1-52(2,3)46(61-50(71)72)49(70)63-65(26-36-13-16-37(17-14-36)38-25-59-66(27-38)39-18-19-39)30-44(68)43(60-48(69)47(62-51(73)74-6)53(4,5)54(55,56)57)23-34-10-7-33(8-11-34)9-12-35-15-22-45(58-24-35)64-28-40-20-21-41(29-64)67(40)42-31-75-32-42/h7-8,10-11,13-17,22,24-25,27,39-44,46-47,61,68H,18-21,23,26,28-32H2,1-6H3,(H,60,69)(H,62,73)(H,63,70)(H,71,72). The van der Waals surface area contributed by atoms with Crippen LogP contribution in [0, 0.1) is 22.7 Å². The van der Waals surface area contributed by atoms with Gasteiger partial charge in [-0.05, 0) is 92.3 Å². The van der Waals surface area contributed by atoms with Gasteiger partial charge in [-0.15, -0.1) is 0 Å². The van der Waals surface area contributed by atoms with Gasteiger partial charge >= 0.3 is 18.4 Å². The molecule has 402 valence electrons. The van der Waals surface area contributed by atoms with Crippen LogP contribution in [-0.2, 0) is 32.0 Å². The predicted molar refractivity (Wildman–Crippen MR) is 272 cm³/mol. The van der Waals surface area contributed by atoms with Crippen LogP contribution >= 0.6 is 0 Å². The minimum absolute atomic E-state index is 0.0389. The molecule has 3 saturated heterocycles. The lowest BCUT2D eigenvalue weighted by atomic mass is 9.82. The predicted octanol–water partition coefficient (Wildman–Crippen LogP) is 5.65. The van der Waals surface area contributed by atoms with Crippen molar-refractivity contribution in [3.63, 3.8) is 0 Å². The number of fused-ring (bicyclic) bond motifs is 2. The molecule has 0 spiro atoms. The second-order valence-electron chi connectivity index (χ2n) is 21.7. The molecule has 4 fully saturated rings. The second-order valence-corrected chi connectivity index (χ2v) is 21.7. The van der Waals surface area contributed by atoms with Gasteiger partial charge in [-0.25, -0.2) is 19.6 Å². The summed E-state index contributed by atoms with van der Waals surface area (Å²) in [4.78, 5) is 62.1. The number of aromatic nitrogens is 3. The average Bonchev–Trinajstić information content (AvgIpc) is 4.03. The summed E-state index contributed by atoms with van der Waals surface area (Å²) in [5.74, 6) is 5.20. The lowest BCUT2D eigenvalue weighted by Gasteiger charge is -2.47. The highest BCUT2D eigenvalue weighted by molar-refractivity contribution is 5.87. The van der Waals surface area contributed by atoms with E-state index in [1.54, 1.807) is 57.4 Å². The Kier molecular flexibility index (Phi) is 16.4. The molecule has 21 heteroatoms. The minimum atomic E-state index is -4.98. The second kappa shape index (κ2) is 22.6. The summed E-state index contributed by atoms with van der Waals surface area (Å²) in [6.07, 6.45) is 0.531. The number of nitrogens with one attached hydrogen (secondary N) is 4. The molecule has 2 aromatic carbocycles. The number of amides is 4. The molecule has 1 aliphatic carbocycles. The summed E-state index contributed by atoms with van der Waals surface area (Å²) in [6, 6.07) is 15.3. The van der Waals surface area contributed by atoms with Gasteiger partial charge in [0.25, 0.3) is 5.91 Å². The van der Waals surface area contributed by atoms with E-state index in [4.69, 9.17) is 9.72 Å². The number of anilines is 1. The van der Waals surface area contributed by atoms with E-state index in [0.717, 1.165) is 77.0 Å². The molecule has 3 aliphatic heterocycles. The quantitative estimate of drug-likeness (QED) is 0.0526. The molecule has 6 N–H and O–H groups in total. The van der Waals surface area contributed by atoms with Crippen LogP contribution in [0.1, 0.15) is 88.6 Å². The number of ether oxygens (including phenoxy) is 2. The highest BCUT2D eigenvalue weighted by Gasteiger charge is 2.56. The van der Waals surface area contributed by atoms with Crippen LogP contribution in [-0.4, -0.2) is 147 Å². The van der Waals surface area contributed by atoms with Gasteiger partial charge in [-0.3, -0.25) is 24.6 Å². The molecule has 2 aromatic heterocycles. The SMILES string of the molecule is COC(=O)NC(C(=O)NC(Cc1ccc(C#Cc2ccc(N3CC4CCC(C3)N4C3COC3)nc2)cc1)C(O)CN(Cc1ccc(-c2cnn(C3CC3)c2)cc1)NC(=O)C(NC(=O)O)C(C)(C)C)C(C)(C)C(F)(F)F. The molecule has 0 radical (unpaired) electrons. The van der Waals surface area contributed by atoms with Gasteiger partial charge in [0, 0.05) is 67.3 Å². The molecule has 6 unspecified atom stereocenters. The number of carbonyl (C=O) groups excluding carboxylic acids is 3. The number of carboxylic acid groups (broad SMARTS) is 1. The highest BCUT2D eigenvalue weighted by Crippen LogP contribution is 2.41. The Balaban J connectivity index is 1.02. The fraction of sp³-hybridized carbons (Fsp3) is 0.519. The molecular formula is C54H67F3N10O8. The maximum atomic E-state index is 14.6. The summed E-state index contributed by atoms with van der Waals surface area (Å²) < 4.78 is 55.7. The molecular weight excluding hydrogens is 974 g/mol. The van der Waals surface area contributed by atoms with Crippen molar-refractivity contribution in [1.82, 2.24) is 46.0 Å². The first-order chi connectivity index (χ1) is 35.6. The molecule has 1 saturated carbocycles. The average molecular weight is 1040 g/mol. The number of hydrogen-bond donors (Lipinski definition) is 6. The van der Waals surface area contributed by atoms with Crippen molar-refractivity contribution in [2.24, 2.45) is 10.8 Å². The zero-order valence-corrected chi connectivity index (χ0v) is 43.1. The molecule has 4 aliphatic rings. The summed E-state index contributed by atoms with van der Waals surface area (Å²) in [5.41, 5.74) is 3.36. The van der Waals surface area contributed by atoms with Gasteiger partial charge in [0.2, 0.25) is 5.91 Å². The first-order valence-corrected chi connectivity index (χ1v) is 25.3. The lowest BCUT2D eigenvalue weighted by Crippen LogP contribution is -2.63. The summed E-state index contributed by atoms with van der Waals surface area (Å²) in [6.45, 7) is 9.52. The third kappa shape index (κ3) is 13.4. The van der Waals surface area contributed by atoms with Gasteiger partial charge < -0.3 is 40.5 Å². The number of aliphatic hydroxyl groups excluding tert-OH is 1. The fourth-order valence-corrected chi connectivity index (χ4v) is 9.92. The van der Waals surface area contributed by atoms with Crippen LogP contribution in [0.4, 0.5) is 28.6 Å². The Hall–Kier alpha value is -6.73. The Morgan fingerprint density at radius 2 is 1.41 bits per heavy atom. The number of pyridine rings is 1. The number of hydrazine groups is 1. The first kappa shape index (κ1) is 54.5. The lowest BCUT2D eigenvalue weighted by molar-refractivity contribution is -0.220. The smallest absolute Gasteiger partial charge is 0.407 e. The summed E-state index contributed by atoms with van der Waals surface area (Å²) in [7, 11) is 0.951. The number of methoxy groups -OCH3 is 1. The van der Waals surface area contributed by atoms with Crippen molar-refractivity contribution < 1.29 is 52.0 Å². The fourth-order valence-electron chi connectivity index (χ4n) is 9.92. The van der Waals surface area contributed by atoms with Gasteiger partial charge in [0.05, 0.1) is 56.2 Å². The first-order valence-electron chi connectivity index (χ1n) is 25.3. The van der Waals surface area contributed by atoms with Gasteiger partial charge in [0.15, 0.2) is 0 Å². The maximum absolute atomic E-state index is 14.6. The Bertz CT molecular complexity index is 2700. The topological polar surface area (TPSA) is 216 Å². The van der Waals surface area contributed by atoms with Gasteiger partial charge in [-0.2, -0.15) is 18.3 Å². The Morgan fingerprint density at radius 3 is 1.97 bits per heavy atom. The summed E-state index contributed by atoms with van der Waals surface area (Å²) >= 11 is 0. The number of carbonyl (C=O) groups is 4. The van der Waals surface area contributed by atoms with E-state index in [0.29, 0.717) is 46.4 Å². The molecule has 6 atom stereocenters. The third-order valence-corrected chi connectivity index (χ3v) is 14.6. The van der Waals surface area contributed by atoms with E-state index < -0.39 is 71.8 Å². The van der Waals surface area contributed by atoms with Crippen molar-refractivity contribution in [1.29, 1.82) is 0 Å². The molecule has 75 heavy (non-hydrogen) atoms. The molecule has 2 bridgehead atoms. The summed E-state index contributed by atoms with van der Waals surface area (Å²) in [5, 5.41) is 34.6. The Labute approximate surface area is 434 Å². The van der Waals surface area contributed by atoms with Crippen LogP contribution in [0.2, 0.25) is 0 Å². The Morgan fingerprint density at radius 1 is 0.787 bits per heavy atom. The number of rotatable bonds is 18. The van der Waals surface area contributed by atoms with Crippen LogP contribution < -0.4 is 26.3 Å². The van der Waals surface area contributed by atoms with Crippen molar-refractivity contribution >= 4 is 29.8 Å². The van der Waals surface area contributed by atoms with Gasteiger partial charge in [0.1, 0.15) is 17.9 Å². The minimum Gasteiger partial charge on any atom is -0.465 e. The maximum Gasteiger partial charge on any atom is 0.407 e. The molecule has 8 rings (SSSR count). The monoisotopic (exact) mass is 1040 g/mol. The number of hydrogen-bond acceptors (Lipinski definition) is 12. The van der Waals surface area contributed by atoms with Crippen molar-refractivity contribution in [2.45, 2.75) is 128 Å². The number of nitrogens with zero attached hydrogens (tertiary/aromatic N) is 6. The number of alkyl halides is 3. The van der Waals surface area contributed by atoms with Crippen LogP contribution in [0.5, 0.6) is 0 Å². The highest BCUT2D eigenvalue weighted by atomic mass is 19.4. The van der Waals surface area contributed by atoms with Crippen molar-refractivity contribution in [2.75, 3.05) is 44.9 Å².